The fraction of sp³-hybridized carbons (Fsp3) is 0.316. The van der Waals surface area contributed by atoms with Crippen molar-refractivity contribution < 1.29 is 13.9 Å². The third kappa shape index (κ3) is 4.98. The zero-order valence-corrected chi connectivity index (χ0v) is 14.1. The van der Waals surface area contributed by atoms with E-state index in [0.29, 0.717) is 19.7 Å². The summed E-state index contributed by atoms with van der Waals surface area (Å²) in [7, 11) is 0. The van der Waals surface area contributed by atoms with Gasteiger partial charge >= 0.3 is 0 Å². The largest absolute Gasteiger partial charge is 0.491 e. The number of ether oxygens (including phenoxy) is 1. The number of nitrogens with two attached hydrogens (primary N) is 1. The Morgan fingerprint density at radius 1 is 1.08 bits per heavy atom. The Hall–Kier alpha value is -2.56. The summed E-state index contributed by atoms with van der Waals surface area (Å²) in [4.78, 5) is 13.0. The first kappa shape index (κ1) is 17.8. The van der Waals surface area contributed by atoms with Crippen LogP contribution in [0.25, 0.3) is 0 Å². The molecule has 0 saturated heterocycles. The molecule has 2 rings (SSSR count). The fourth-order valence-corrected chi connectivity index (χ4v) is 2.55. The number of benzene rings is 2. The van der Waals surface area contributed by atoms with E-state index in [2.05, 4.69) is 0 Å². The van der Waals surface area contributed by atoms with E-state index >= 15 is 0 Å². The number of hydrogen-bond donors (Lipinski definition) is 1. The molecule has 128 valence electrons. The third-order valence-corrected chi connectivity index (χ3v) is 3.84. The average Bonchev–Trinajstić information content (AvgIpc) is 2.54. The van der Waals surface area contributed by atoms with E-state index in [-0.39, 0.29) is 18.1 Å². The Bertz CT molecular complexity index is 666. The summed E-state index contributed by atoms with van der Waals surface area (Å²) in [6, 6.07) is 12.2. The molecule has 2 aromatic carbocycles. The zero-order valence-electron chi connectivity index (χ0n) is 14.1. The normalized spacial score (nSPS) is 10.5. The number of amides is 1. The van der Waals surface area contributed by atoms with E-state index < -0.39 is 0 Å². The first-order valence-electron chi connectivity index (χ1n) is 7.95. The van der Waals surface area contributed by atoms with E-state index in [0.717, 1.165) is 22.6 Å². The second-order valence-corrected chi connectivity index (χ2v) is 5.75. The van der Waals surface area contributed by atoms with Crippen molar-refractivity contribution in [3.8, 4) is 5.75 Å². The molecule has 0 aliphatic carbocycles. The third-order valence-electron chi connectivity index (χ3n) is 3.84. The van der Waals surface area contributed by atoms with Gasteiger partial charge in [-0.05, 0) is 49.2 Å². The van der Waals surface area contributed by atoms with Gasteiger partial charge in [-0.1, -0.05) is 18.2 Å². The molecule has 1 amide bonds. The first-order valence-corrected chi connectivity index (χ1v) is 7.95. The zero-order chi connectivity index (χ0) is 17.5. The lowest BCUT2D eigenvalue weighted by molar-refractivity contribution is -0.117. The van der Waals surface area contributed by atoms with E-state index in [1.165, 1.54) is 12.1 Å². The molecule has 4 nitrogen and oxygen atoms in total. The highest BCUT2D eigenvalue weighted by Crippen LogP contribution is 2.22. The van der Waals surface area contributed by atoms with Gasteiger partial charge < -0.3 is 15.4 Å². The molecule has 0 aliphatic rings. The van der Waals surface area contributed by atoms with Crippen LogP contribution in [0.1, 0.15) is 17.5 Å². The topological polar surface area (TPSA) is 55.6 Å². The fourth-order valence-electron chi connectivity index (χ4n) is 2.55. The molecule has 0 radical (unpaired) electrons. The second kappa shape index (κ2) is 8.34. The van der Waals surface area contributed by atoms with Crippen LogP contribution in [0.15, 0.2) is 42.5 Å². The predicted octanol–water partition coefficient (Wildman–Crippen LogP) is 3.20. The Morgan fingerprint density at radius 3 is 2.29 bits per heavy atom. The van der Waals surface area contributed by atoms with Gasteiger partial charge in [0, 0.05) is 18.7 Å². The molecule has 2 N–H and O–H groups in total. The first-order chi connectivity index (χ1) is 11.5. The number of halogens is 1. The van der Waals surface area contributed by atoms with Crippen molar-refractivity contribution in [1.29, 1.82) is 0 Å². The lowest BCUT2D eigenvalue weighted by Crippen LogP contribution is -2.32. The van der Waals surface area contributed by atoms with Crippen LogP contribution in [0.5, 0.6) is 5.75 Å². The van der Waals surface area contributed by atoms with E-state index in [9.17, 15) is 9.18 Å². The Balaban J connectivity index is 2.02. The number of carbonyl (C=O) groups excluding carboxylic acids is 1. The van der Waals surface area contributed by atoms with Gasteiger partial charge in [-0.2, -0.15) is 0 Å². The summed E-state index contributed by atoms with van der Waals surface area (Å²) in [5.74, 6) is 0.227. The summed E-state index contributed by atoms with van der Waals surface area (Å²) in [5.41, 5.74) is 8.25. The number of rotatable bonds is 8. The standard InChI is InChI=1S/C19H23FN2O2/c1-14-4-3-5-15(2)19(14)24-13-12-22(11-10-18(21)23)17-8-6-16(20)7-9-17/h3-9H,10-13H2,1-2H3,(H2,21,23). The van der Waals surface area contributed by atoms with E-state index in [1.54, 1.807) is 12.1 Å². The number of anilines is 1. The Kier molecular flexibility index (Phi) is 6.18. The molecular formula is C19H23FN2O2. The van der Waals surface area contributed by atoms with Gasteiger partial charge in [-0.15, -0.1) is 0 Å². The SMILES string of the molecule is Cc1cccc(C)c1OCCN(CCC(N)=O)c1ccc(F)cc1. The number of primary amides is 1. The maximum atomic E-state index is 13.1. The van der Waals surface area contributed by atoms with Crippen molar-refractivity contribution in [1.82, 2.24) is 0 Å². The van der Waals surface area contributed by atoms with Crippen LogP contribution in [0, 0.1) is 19.7 Å². The molecule has 0 fully saturated rings. The van der Waals surface area contributed by atoms with Crippen molar-refractivity contribution in [2.75, 3.05) is 24.6 Å². The Labute approximate surface area is 142 Å². The minimum atomic E-state index is -0.363. The highest BCUT2D eigenvalue weighted by molar-refractivity contribution is 5.74. The summed E-state index contributed by atoms with van der Waals surface area (Å²) in [5, 5.41) is 0. The Morgan fingerprint density at radius 2 is 1.71 bits per heavy atom. The summed E-state index contributed by atoms with van der Waals surface area (Å²) in [6.45, 7) is 5.52. The van der Waals surface area contributed by atoms with Gasteiger partial charge in [0.2, 0.25) is 5.91 Å². The van der Waals surface area contributed by atoms with Crippen molar-refractivity contribution in [3.63, 3.8) is 0 Å². The highest BCUT2D eigenvalue weighted by atomic mass is 19.1. The minimum Gasteiger partial charge on any atom is -0.491 e. The van der Waals surface area contributed by atoms with Gasteiger partial charge in [0.15, 0.2) is 0 Å². The number of hydrogen-bond acceptors (Lipinski definition) is 3. The molecule has 0 saturated carbocycles. The van der Waals surface area contributed by atoms with Crippen LogP contribution in [0.2, 0.25) is 0 Å². The van der Waals surface area contributed by atoms with Gasteiger partial charge in [0.25, 0.3) is 0 Å². The monoisotopic (exact) mass is 330 g/mol. The molecule has 0 aliphatic heterocycles. The molecule has 0 atom stereocenters. The van der Waals surface area contributed by atoms with Crippen LogP contribution in [-0.4, -0.2) is 25.6 Å². The quantitative estimate of drug-likeness (QED) is 0.808. The second-order valence-electron chi connectivity index (χ2n) is 5.75. The highest BCUT2D eigenvalue weighted by Gasteiger charge is 2.10. The van der Waals surface area contributed by atoms with Crippen LogP contribution >= 0.6 is 0 Å². The predicted molar refractivity (Wildman–Crippen MR) is 93.8 cm³/mol. The smallest absolute Gasteiger partial charge is 0.219 e. The molecule has 0 bridgehead atoms. The number of para-hydroxylation sites is 1. The van der Waals surface area contributed by atoms with Gasteiger partial charge in [0.1, 0.15) is 18.2 Å². The average molecular weight is 330 g/mol. The van der Waals surface area contributed by atoms with Crippen molar-refractivity contribution in [3.05, 3.63) is 59.4 Å². The van der Waals surface area contributed by atoms with Crippen molar-refractivity contribution in [2.45, 2.75) is 20.3 Å². The van der Waals surface area contributed by atoms with Crippen LogP contribution in [0.3, 0.4) is 0 Å². The molecule has 2 aromatic rings. The van der Waals surface area contributed by atoms with E-state index in [4.69, 9.17) is 10.5 Å². The summed E-state index contributed by atoms with van der Waals surface area (Å²) < 4.78 is 19.0. The molecular weight excluding hydrogens is 307 g/mol. The van der Waals surface area contributed by atoms with Gasteiger partial charge in [-0.25, -0.2) is 4.39 Å². The lowest BCUT2D eigenvalue weighted by atomic mass is 10.1. The van der Waals surface area contributed by atoms with Gasteiger partial charge in [-0.3, -0.25) is 4.79 Å². The maximum Gasteiger partial charge on any atom is 0.219 e. The number of carbonyl (C=O) groups is 1. The van der Waals surface area contributed by atoms with Gasteiger partial charge in [0.05, 0.1) is 6.54 Å². The summed E-state index contributed by atoms with van der Waals surface area (Å²) >= 11 is 0. The molecule has 0 spiro atoms. The molecule has 0 unspecified atom stereocenters. The van der Waals surface area contributed by atoms with Crippen molar-refractivity contribution in [2.24, 2.45) is 5.73 Å². The number of nitrogens with zero attached hydrogens (tertiary/aromatic N) is 1. The van der Waals surface area contributed by atoms with Crippen molar-refractivity contribution >= 4 is 11.6 Å². The molecule has 5 heteroatoms. The van der Waals surface area contributed by atoms with Crippen LogP contribution in [0.4, 0.5) is 10.1 Å². The molecule has 24 heavy (non-hydrogen) atoms. The minimum absolute atomic E-state index is 0.237. The summed E-state index contributed by atoms with van der Waals surface area (Å²) in [6.07, 6.45) is 0.237. The van der Waals surface area contributed by atoms with Crippen LogP contribution in [-0.2, 0) is 4.79 Å². The lowest BCUT2D eigenvalue weighted by Gasteiger charge is -2.25. The van der Waals surface area contributed by atoms with E-state index in [1.807, 2.05) is 36.9 Å². The van der Waals surface area contributed by atoms with Crippen LogP contribution < -0.4 is 15.4 Å². The maximum absolute atomic E-state index is 13.1. The number of aryl methyl sites for hydroxylation is 2. The molecule has 0 heterocycles. The molecule has 0 aromatic heterocycles.